The second kappa shape index (κ2) is 5.44. The highest BCUT2D eigenvalue weighted by Gasteiger charge is 2.82. The van der Waals surface area contributed by atoms with Gasteiger partial charge in [0.15, 0.2) is 0 Å². The molecule has 0 saturated heterocycles. The maximum absolute atomic E-state index is 13.2. The summed E-state index contributed by atoms with van der Waals surface area (Å²) in [5.41, 5.74) is 11.0. The Hall–Kier alpha value is -1.62. The number of carbonyl (C=O) groups is 2. The van der Waals surface area contributed by atoms with Crippen molar-refractivity contribution in [3.8, 4) is 0 Å². The second-order valence-corrected chi connectivity index (χ2v) is 9.60. The summed E-state index contributed by atoms with van der Waals surface area (Å²) in [6.07, 6.45) is 6.88. The molecular weight excluding hydrogens is 392 g/mol. The fraction of sp³-hybridized carbons (Fsp3) is 0.524. The van der Waals surface area contributed by atoms with Crippen LogP contribution in [0.5, 0.6) is 0 Å². The summed E-state index contributed by atoms with van der Waals surface area (Å²) in [7, 11) is 0. The molecule has 2 fully saturated rings. The molecule has 5 heteroatoms. The number of benzene rings is 1. The SMILES string of the molecule is CC(C)C[C@@]1(C(N)=O)[C@@H]2C=C[C@@H](C23CC3)[C@@]1(C(N)=O)c1ccc(Br)cc1. The lowest BCUT2D eigenvalue weighted by Crippen LogP contribution is -2.62. The number of rotatable bonds is 5. The first kappa shape index (κ1) is 17.8. The van der Waals surface area contributed by atoms with E-state index >= 15 is 0 Å². The van der Waals surface area contributed by atoms with Crippen LogP contribution in [0.25, 0.3) is 0 Å². The lowest BCUT2D eigenvalue weighted by atomic mass is 9.51. The molecule has 4 N–H and O–H groups in total. The zero-order valence-electron chi connectivity index (χ0n) is 15.2. The fourth-order valence-electron chi connectivity index (χ4n) is 6.36. The van der Waals surface area contributed by atoms with Crippen LogP contribution in [0.3, 0.4) is 0 Å². The van der Waals surface area contributed by atoms with Crippen LogP contribution < -0.4 is 11.5 Å². The Morgan fingerprint density at radius 3 is 2.12 bits per heavy atom. The van der Waals surface area contributed by atoms with Crippen LogP contribution in [0, 0.1) is 28.6 Å². The third-order valence-electron chi connectivity index (χ3n) is 7.12. The maximum Gasteiger partial charge on any atom is 0.229 e. The third-order valence-corrected chi connectivity index (χ3v) is 7.65. The summed E-state index contributed by atoms with van der Waals surface area (Å²) in [5.74, 6) is -0.681. The largest absolute Gasteiger partial charge is 0.369 e. The highest BCUT2D eigenvalue weighted by Crippen LogP contribution is 2.80. The standard InChI is InChI=1S/C21H25BrN2O2/c1-12(2)11-20(17(23)25)15-7-8-16(19(15)9-10-19)21(20,18(24)26)13-3-5-14(22)6-4-13/h3-8,12,15-16H,9-11H2,1-2H3,(H2,23,25)(H2,24,26)/t15-,16+,20+,21-/m1/s1. The predicted molar refractivity (Wildman–Crippen MR) is 104 cm³/mol. The Bertz CT molecular complexity index is 812. The van der Waals surface area contributed by atoms with Crippen molar-refractivity contribution in [2.45, 2.75) is 38.5 Å². The Kier molecular flexibility index (Phi) is 3.72. The van der Waals surface area contributed by atoms with Crippen LogP contribution >= 0.6 is 15.9 Å². The van der Waals surface area contributed by atoms with Gasteiger partial charge in [-0.3, -0.25) is 9.59 Å². The van der Waals surface area contributed by atoms with Gasteiger partial charge in [0.1, 0.15) is 0 Å². The molecule has 0 aliphatic heterocycles. The number of hydrogen-bond donors (Lipinski definition) is 2. The van der Waals surface area contributed by atoms with Crippen molar-refractivity contribution < 1.29 is 9.59 Å². The minimum Gasteiger partial charge on any atom is -0.369 e. The van der Waals surface area contributed by atoms with Crippen molar-refractivity contribution in [3.05, 3.63) is 46.5 Å². The molecule has 1 spiro atoms. The smallest absolute Gasteiger partial charge is 0.229 e. The molecule has 3 aliphatic carbocycles. The monoisotopic (exact) mass is 416 g/mol. The summed E-state index contributed by atoms with van der Waals surface area (Å²) in [6.45, 7) is 4.15. The van der Waals surface area contributed by atoms with Gasteiger partial charge in [-0.25, -0.2) is 0 Å². The van der Waals surface area contributed by atoms with E-state index in [1.807, 2.05) is 24.3 Å². The number of amides is 2. The summed E-state index contributed by atoms with van der Waals surface area (Å²) in [6, 6.07) is 7.68. The van der Waals surface area contributed by atoms with Crippen molar-refractivity contribution >= 4 is 27.7 Å². The molecule has 4 atom stereocenters. The van der Waals surface area contributed by atoms with Crippen molar-refractivity contribution in [1.82, 2.24) is 0 Å². The van der Waals surface area contributed by atoms with E-state index in [0.29, 0.717) is 6.42 Å². The first-order valence-electron chi connectivity index (χ1n) is 9.27. The van der Waals surface area contributed by atoms with Crippen LogP contribution in [0.2, 0.25) is 0 Å². The van der Waals surface area contributed by atoms with E-state index in [2.05, 4.69) is 41.9 Å². The molecular formula is C21H25BrN2O2. The van der Waals surface area contributed by atoms with Gasteiger partial charge in [-0.2, -0.15) is 0 Å². The summed E-state index contributed by atoms with van der Waals surface area (Å²) < 4.78 is 0.925. The van der Waals surface area contributed by atoms with Crippen LogP contribution in [0.15, 0.2) is 40.9 Å². The molecule has 3 aliphatic rings. The average Bonchev–Trinajstić information content (AvgIpc) is 3.22. The first-order chi connectivity index (χ1) is 12.2. The van der Waals surface area contributed by atoms with E-state index in [1.54, 1.807) is 0 Å². The number of nitrogens with two attached hydrogens (primary N) is 2. The van der Waals surface area contributed by atoms with Gasteiger partial charge in [-0.05, 0) is 54.2 Å². The topological polar surface area (TPSA) is 86.2 Å². The lowest BCUT2D eigenvalue weighted by Gasteiger charge is -2.49. The van der Waals surface area contributed by atoms with Gasteiger partial charge >= 0.3 is 0 Å². The number of hydrogen-bond acceptors (Lipinski definition) is 2. The molecule has 2 saturated carbocycles. The van der Waals surface area contributed by atoms with Crippen molar-refractivity contribution in [1.29, 1.82) is 0 Å². The number of primary amides is 2. The van der Waals surface area contributed by atoms with Crippen LogP contribution in [-0.4, -0.2) is 11.8 Å². The minimum absolute atomic E-state index is 0.0175. The van der Waals surface area contributed by atoms with Crippen molar-refractivity contribution in [2.24, 2.45) is 40.1 Å². The molecule has 4 rings (SSSR count). The number of carbonyl (C=O) groups excluding carboxylic acids is 2. The molecule has 4 nitrogen and oxygen atoms in total. The maximum atomic E-state index is 13.2. The molecule has 138 valence electrons. The Morgan fingerprint density at radius 1 is 1.08 bits per heavy atom. The van der Waals surface area contributed by atoms with Gasteiger partial charge in [0.2, 0.25) is 11.8 Å². The quantitative estimate of drug-likeness (QED) is 0.721. The molecule has 26 heavy (non-hydrogen) atoms. The lowest BCUT2D eigenvalue weighted by molar-refractivity contribution is -0.144. The molecule has 0 radical (unpaired) electrons. The van der Waals surface area contributed by atoms with E-state index in [4.69, 9.17) is 11.5 Å². The van der Waals surface area contributed by atoms with E-state index in [9.17, 15) is 9.59 Å². The minimum atomic E-state index is -1.08. The zero-order chi connectivity index (χ0) is 18.9. The van der Waals surface area contributed by atoms with E-state index < -0.39 is 22.6 Å². The molecule has 2 bridgehead atoms. The molecule has 1 aromatic rings. The van der Waals surface area contributed by atoms with Gasteiger partial charge in [0.05, 0.1) is 10.8 Å². The Labute approximate surface area is 162 Å². The summed E-state index contributed by atoms with van der Waals surface area (Å²) in [4.78, 5) is 26.3. The van der Waals surface area contributed by atoms with Gasteiger partial charge in [-0.15, -0.1) is 0 Å². The number of allylic oxidation sites excluding steroid dienone is 2. The van der Waals surface area contributed by atoms with Gasteiger partial charge in [0.25, 0.3) is 0 Å². The predicted octanol–water partition coefficient (Wildman–Crippen LogP) is 3.29. The van der Waals surface area contributed by atoms with Gasteiger partial charge in [0, 0.05) is 10.4 Å². The molecule has 0 heterocycles. The van der Waals surface area contributed by atoms with Crippen molar-refractivity contribution in [3.63, 3.8) is 0 Å². The van der Waals surface area contributed by atoms with E-state index in [-0.39, 0.29) is 23.2 Å². The average molecular weight is 417 g/mol. The van der Waals surface area contributed by atoms with E-state index in [1.165, 1.54) is 0 Å². The van der Waals surface area contributed by atoms with Crippen molar-refractivity contribution in [2.75, 3.05) is 0 Å². The molecule has 2 amide bonds. The van der Waals surface area contributed by atoms with Crippen LogP contribution in [0.1, 0.15) is 38.7 Å². The first-order valence-corrected chi connectivity index (χ1v) is 10.1. The number of halogens is 1. The highest BCUT2D eigenvalue weighted by atomic mass is 79.9. The second-order valence-electron chi connectivity index (χ2n) is 8.69. The third kappa shape index (κ3) is 1.85. The molecule has 0 unspecified atom stereocenters. The fourth-order valence-corrected chi connectivity index (χ4v) is 6.63. The normalized spacial score (nSPS) is 36.0. The van der Waals surface area contributed by atoms with Crippen LogP contribution in [-0.2, 0) is 15.0 Å². The van der Waals surface area contributed by atoms with Crippen LogP contribution in [0.4, 0.5) is 0 Å². The van der Waals surface area contributed by atoms with Gasteiger partial charge in [-0.1, -0.05) is 54.1 Å². The summed E-state index contributed by atoms with van der Waals surface area (Å²) >= 11 is 3.46. The Morgan fingerprint density at radius 2 is 1.65 bits per heavy atom. The van der Waals surface area contributed by atoms with E-state index in [0.717, 1.165) is 22.9 Å². The summed E-state index contributed by atoms with van der Waals surface area (Å²) in [5, 5.41) is 0. The van der Waals surface area contributed by atoms with Gasteiger partial charge < -0.3 is 11.5 Å². The molecule has 0 aromatic heterocycles. The zero-order valence-corrected chi connectivity index (χ0v) is 16.8. The highest BCUT2D eigenvalue weighted by molar-refractivity contribution is 9.10. The Balaban J connectivity index is 2.06. The molecule has 1 aromatic carbocycles.